The highest BCUT2D eigenvalue weighted by molar-refractivity contribution is 5.79. The molecule has 1 atom stereocenters. The van der Waals surface area contributed by atoms with Crippen LogP contribution in [0.5, 0.6) is 0 Å². The highest BCUT2D eigenvalue weighted by atomic mass is 16.5. The normalized spacial score (nSPS) is 21.2. The van der Waals surface area contributed by atoms with E-state index in [9.17, 15) is 4.79 Å². The van der Waals surface area contributed by atoms with E-state index in [4.69, 9.17) is 9.84 Å². The summed E-state index contributed by atoms with van der Waals surface area (Å²) in [7, 11) is 0. The molecule has 3 nitrogen and oxygen atoms in total. The molecule has 0 aromatic carbocycles. The van der Waals surface area contributed by atoms with Crippen molar-refractivity contribution in [3.63, 3.8) is 0 Å². The summed E-state index contributed by atoms with van der Waals surface area (Å²) in [5.41, 5.74) is 0. The second-order valence-corrected chi connectivity index (χ2v) is 2.36. The number of carboxylic acid groups (broad SMARTS) is 1. The van der Waals surface area contributed by atoms with E-state index in [1.807, 2.05) is 12.2 Å². The molecule has 0 bridgehead atoms. The Morgan fingerprint density at radius 1 is 1.58 bits per heavy atom. The van der Waals surface area contributed by atoms with E-state index < -0.39 is 5.97 Å². The third kappa shape index (κ3) is 3.05. The van der Waals surface area contributed by atoms with Gasteiger partial charge in [0.05, 0.1) is 6.26 Å². The smallest absolute Gasteiger partial charge is 0.327 e. The predicted octanol–water partition coefficient (Wildman–Crippen LogP) is 1.49. The van der Waals surface area contributed by atoms with E-state index in [0.29, 0.717) is 6.42 Å². The molecule has 0 saturated carbocycles. The van der Waals surface area contributed by atoms with Gasteiger partial charge in [-0.2, -0.15) is 0 Å². The molecule has 0 saturated heterocycles. The van der Waals surface area contributed by atoms with Gasteiger partial charge >= 0.3 is 5.97 Å². The molecule has 1 rings (SSSR count). The standard InChI is InChI=1S/C9H10O3/c10-9(11)6-3-5-8-4-1-2-7-12-8/h1-4,6-8H,5H2,(H,10,11)/b6-3+. The topological polar surface area (TPSA) is 46.5 Å². The van der Waals surface area contributed by atoms with Crippen LogP contribution in [0.4, 0.5) is 0 Å². The van der Waals surface area contributed by atoms with Gasteiger partial charge in [0.25, 0.3) is 0 Å². The Labute approximate surface area is 70.7 Å². The molecular weight excluding hydrogens is 156 g/mol. The Hall–Kier alpha value is -1.51. The van der Waals surface area contributed by atoms with E-state index in [1.165, 1.54) is 0 Å². The van der Waals surface area contributed by atoms with Crippen molar-refractivity contribution in [1.82, 2.24) is 0 Å². The monoisotopic (exact) mass is 166 g/mol. The van der Waals surface area contributed by atoms with Crippen molar-refractivity contribution in [2.45, 2.75) is 12.5 Å². The van der Waals surface area contributed by atoms with E-state index in [0.717, 1.165) is 6.08 Å². The van der Waals surface area contributed by atoms with Gasteiger partial charge in [-0.05, 0) is 12.2 Å². The summed E-state index contributed by atoms with van der Waals surface area (Å²) in [5, 5.41) is 8.28. The molecule has 0 aromatic rings. The molecule has 0 fully saturated rings. The Balaban J connectivity index is 2.28. The first-order valence-electron chi connectivity index (χ1n) is 3.67. The number of rotatable bonds is 3. The predicted molar refractivity (Wildman–Crippen MR) is 44.5 cm³/mol. The molecule has 1 unspecified atom stereocenters. The van der Waals surface area contributed by atoms with Crippen LogP contribution >= 0.6 is 0 Å². The van der Waals surface area contributed by atoms with Crippen LogP contribution in [0.15, 0.2) is 36.6 Å². The third-order valence-electron chi connectivity index (χ3n) is 1.40. The average Bonchev–Trinajstić information content (AvgIpc) is 2.05. The third-order valence-corrected chi connectivity index (χ3v) is 1.40. The fourth-order valence-corrected chi connectivity index (χ4v) is 0.862. The lowest BCUT2D eigenvalue weighted by molar-refractivity contribution is -0.131. The van der Waals surface area contributed by atoms with E-state index in [2.05, 4.69) is 0 Å². The largest absolute Gasteiger partial charge is 0.494 e. The number of allylic oxidation sites excluding steroid dienone is 2. The van der Waals surface area contributed by atoms with Crippen LogP contribution < -0.4 is 0 Å². The lowest BCUT2D eigenvalue weighted by atomic mass is 10.2. The lowest BCUT2D eigenvalue weighted by Crippen LogP contribution is -2.06. The van der Waals surface area contributed by atoms with Crippen LogP contribution in [0.1, 0.15) is 6.42 Å². The summed E-state index contributed by atoms with van der Waals surface area (Å²) in [6.07, 6.45) is 10.4. The Kier molecular flexibility index (Phi) is 3.14. The van der Waals surface area contributed by atoms with Gasteiger partial charge in [-0.15, -0.1) is 0 Å². The maximum absolute atomic E-state index is 10.1. The fraction of sp³-hybridized carbons (Fsp3) is 0.222. The van der Waals surface area contributed by atoms with Gasteiger partial charge in [0, 0.05) is 12.5 Å². The van der Waals surface area contributed by atoms with Crippen LogP contribution in [-0.2, 0) is 9.53 Å². The highest BCUT2D eigenvalue weighted by Gasteiger charge is 2.02. The second-order valence-electron chi connectivity index (χ2n) is 2.36. The zero-order valence-corrected chi connectivity index (χ0v) is 6.51. The minimum Gasteiger partial charge on any atom is -0.494 e. The molecule has 0 amide bonds. The summed E-state index contributed by atoms with van der Waals surface area (Å²) >= 11 is 0. The van der Waals surface area contributed by atoms with Crippen molar-refractivity contribution >= 4 is 5.97 Å². The number of carbonyl (C=O) groups is 1. The summed E-state index contributed by atoms with van der Waals surface area (Å²) in [5.74, 6) is -0.926. The molecule has 1 heterocycles. The van der Waals surface area contributed by atoms with Crippen molar-refractivity contribution in [2.24, 2.45) is 0 Å². The fourth-order valence-electron chi connectivity index (χ4n) is 0.862. The van der Waals surface area contributed by atoms with Crippen molar-refractivity contribution in [3.8, 4) is 0 Å². The van der Waals surface area contributed by atoms with E-state index >= 15 is 0 Å². The Bertz CT molecular complexity index is 238. The first-order chi connectivity index (χ1) is 5.79. The van der Waals surface area contributed by atoms with Crippen molar-refractivity contribution in [1.29, 1.82) is 0 Å². The molecule has 12 heavy (non-hydrogen) atoms. The zero-order chi connectivity index (χ0) is 8.81. The average molecular weight is 166 g/mol. The molecule has 0 spiro atoms. The van der Waals surface area contributed by atoms with Crippen LogP contribution in [0, 0.1) is 0 Å². The van der Waals surface area contributed by atoms with Gasteiger partial charge in [-0.3, -0.25) is 0 Å². The summed E-state index contributed by atoms with van der Waals surface area (Å²) in [6, 6.07) is 0. The van der Waals surface area contributed by atoms with Crippen molar-refractivity contribution < 1.29 is 14.6 Å². The quantitative estimate of drug-likeness (QED) is 0.646. The van der Waals surface area contributed by atoms with Gasteiger partial charge < -0.3 is 9.84 Å². The van der Waals surface area contributed by atoms with Crippen LogP contribution in [-0.4, -0.2) is 17.2 Å². The summed E-state index contributed by atoms with van der Waals surface area (Å²) in [6.45, 7) is 0. The highest BCUT2D eigenvalue weighted by Crippen LogP contribution is 2.06. The lowest BCUT2D eigenvalue weighted by Gasteiger charge is -2.11. The molecule has 0 radical (unpaired) electrons. The van der Waals surface area contributed by atoms with Crippen LogP contribution in [0.3, 0.4) is 0 Å². The van der Waals surface area contributed by atoms with Crippen LogP contribution in [0.2, 0.25) is 0 Å². The minimum absolute atomic E-state index is 0.0226. The van der Waals surface area contributed by atoms with E-state index in [1.54, 1.807) is 18.4 Å². The van der Waals surface area contributed by atoms with Crippen LogP contribution in [0.25, 0.3) is 0 Å². The van der Waals surface area contributed by atoms with Gasteiger partial charge in [0.15, 0.2) is 0 Å². The Morgan fingerprint density at radius 3 is 3.00 bits per heavy atom. The Morgan fingerprint density at radius 2 is 2.42 bits per heavy atom. The molecule has 1 aliphatic heterocycles. The second kappa shape index (κ2) is 4.38. The van der Waals surface area contributed by atoms with E-state index in [-0.39, 0.29) is 6.10 Å². The van der Waals surface area contributed by atoms with Gasteiger partial charge in [-0.25, -0.2) is 4.79 Å². The number of hydrogen-bond acceptors (Lipinski definition) is 2. The maximum Gasteiger partial charge on any atom is 0.327 e. The zero-order valence-electron chi connectivity index (χ0n) is 6.51. The number of aliphatic carboxylic acids is 1. The van der Waals surface area contributed by atoms with Crippen molar-refractivity contribution in [3.05, 3.63) is 36.6 Å². The molecule has 64 valence electrons. The molecule has 0 aliphatic carbocycles. The first-order valence-corrected chi connectivity index (χ1v) is 3.67. The molecule has 1 N–H and O–H groups in total. The molecule has 3 heteroatoms. The van der Waals surface area contributed by atoms with Crippen molar-refractivity contribution in [2.75, 3.05) is 0 Å². The maximum atomic E-state index is 10.1. The molecule has 0 aromatic heterocycles. The van der Waals surface area contributed by atoms with Gasteiger partial charge in [-0.1, -0.05) is 12.2 Å². The molecule has 1 aliphatic rings. The first kappa shape index (κ1) is 8.59. The number of carboxylic acids is 1. The van der Waals surface area contributed by atoms with Gasteiger partial charge in [0.2, 0.25) is 0 Å². The molecular formula is C9H10O3. The SMILES string of the molecule is O=C(O)/C=C/CC1C=CC=CO1. The summed E-state index contributed by atoms with van der Waals surface area (Å²) < 4.78 is 5.15. The summed E-state index contributed by atoms with van der Waals surface area (Å²) in [4.78, 5) is 10.1. The van der Waals surface area contributed by atoms with Gasteiger partial charge in [0.1, 0.15) is 6.10 Å². The number of ether oxygens (including phenoxy) is 1. The number of hydrogen-bond donors (Lipinski definition) is 1. The minimum atomic E-state index is -0.926.